The Kier molecular flexibility index (Phi) is 3.90. The number of hydrogen-bond donors (Lipinski definition) is 2. The Labute approximate surface area is 153 Å². The molecule has 0 radical (unpaired) electrons. The minimum Gasteiger partial charge on any atom is -0.361 e. The number of aromatic nitrogens is 1. The molecule has 0 bridgehead atoms. The molecule has 1 aliphatic rings. The van der Waals surface area contributed by atoms with Crippen molar-refractivity contribution in [1.82, 2.24) is 10.3 Å². The molecule has 1 fully saturated rings. The molecule has 2 heterocycles. The molecule has 1 unspecified atom stereocenters. The van der Waals surface area contributed by atoms with Gasteiger partial charge in [0.25, 0.3) is 5.91 Å². The summed E-state index contributed by atoms with van der Waals surface area (Å²) in [6, 6.07) is 11.3. The van der Waals surface area contributed by atoms with Gasteiger partial charge in [0.05, 0.1) is 5.69 Å². The minimum absolute atomic E-state index is 0.325. The summed E-state index contributed by atoms with van der Waals surface area (Å²) in [5.74, 6) is -0.325. The monoisotopic (exact) mass is 373 g/mol. The van der Waals surface area contributed by atoms with Crippen LogP contribution < -0.4 is 10.2 Å². The number of nitrogens with zero attached hydrogens (tertiary/aromatic N) is 1. The summed E-state index contributed by atoms with van der Waals surface area (Å²) in [5, 5.41) is 4.50. The van der Waals surface area contributed by atoms with Crippen LogP contribution in [0.1, 0.15) is 5.56 Å². The highest BCUT2D eigenvalue weighted by molar-refractivity contribution is 6.35. The number of hydrogen-bond acceptors (Lipinski definition) is 2. The van der Waals surface area contributed by atoms with Gasteiger partial charge in [0.15, 0.2) is 0 Å². The number of halogens is 2. The molecule has 3 amide bonds. The maximum Gasteiger partial charge on any atom is 0.329 e. The Balaban J connectivity index is 1.63. The van der Waals surface area contributed by atoms with Crippen molar-refractivity contribution in [3.05, 3.63) is 64.3 Å². The molecule has 1 aliphatic heterocycles. The Morgan fingerprint density at radius 3 is 2.52 bits per heavy atom. The second-order valence-corrected chi connectivity index (χ2v) is 6.74. The minimum atomic E-state index is -0.635. The van der Waals surface area contributed by atoms with Crippen molar-refractivity contribution in [2.75, 3.05) is 4.90 Å². The van der Waals surface area contributed by atoms with Crippen LogP contribution in [0.4, 0.5) is 10.5 Å². The lowest BCUT2D eigenvalue weighted by Gasteiger charge is -2.13. The number of urea groups is 1. The van der Waals surface area contributed by atoms with E-state index in [2.05, 4.69) is 10.3 Å². The first-order valence-electron chi connectivity index (χ1n) is 7.68. The number of rotatable bonds is 3. The van der Waals surface area contributed by atoms with E-state index in [1.54, 1.807) is 18.2 Å². The van der Waals surface area contributed by atoms with Gasteiger partial charge >= 0.3 is 6.03 Å². The summed E-state index contributed by atoms with van der Waals surface area (Å²) in [6.45, 7) is 0. The van der Waals surface area contributed by atoms with Gasteiger partial charge in [0.2, 0.25) is 0 Å². The molecule has 3 aromatic rings. The smallest absolute Gasteiger partial charge is 0.329 e. The fourth-order valence-electron chi connectivity index (χ4n) is 3.10. The van der Waals surface area contributed by atoms with E-state index in [9.17, 15) is 9.59 Å². The molecule has 2 aromatic carbocycles. The summed E-state index contributed by atoms with van der Waals surface area (Å²) in [6.07, 6.45) is 2.27. The van der Waals surface area contributed by atoms with E-state index in [1.807, 2.05) is 30.5 Å². The number of benzene rings is 2. The number of carbonyl (C=O) groups excluding carboxylic acids is 2. The highest BCUT2D eigenvalue weighted by Gasteiger charge is 2.39. The number of H-pyrrole nitrogens is 1. The van der Waals surface area contributed by atoms with Gasteiger partial charge in [-0.05, 0) is 29.8 Å². The molecular weight excluding hydrogens is 361 g/mol. The van der Waals surface area contributed by atoms with E-state index in [0.29, 0.717) is 22.2 Å². The number of aromatic amines is 1. The molecule has 2 N–H and O–H groups in total. The van der Waals surface area contributed by atoms with E-state index in [1.165, 1.54) is 0 Å². The molecule has 5 nitrogen and oxygen atoms in total. The average Bonchev–Trinajstić information content (AvgIpc) is 3.08. The summed E-state index contributed by atoms with van der Waals surface area (Å²) < 4.78 is 0. The van der Waals surface area contributed by atoms with Crippen LogP contribution in [0, 0.1) is 0 Å². The molecule has 0 saturated carbocycles. The third-order valence-corrected chi connectivity index (χ3v) is 4.66. The summed E-state index contributed by atoms with van der Waals surface area (Å²) in [7, 11) is 0. The van der Waals surface area contributed by atoms with Gasteiger partial charge in [-0.2, -0.15) is 0 Å². The Hall–Kier alpha value is -2.50. The first-order chi connectivity index (χ1) is 12.0. The molecule has 1 saturated heterocycles. The van der Waals surface area contributed by atoms with Crippen molar-refractivity contribution in [3.8, 4) is 0 Å². The van der Waals surface area contributed by atoms with Crippen LogP contribution in [0.2, 0.25) is 10.0 Å². The van der Waals surface area contributed by atoms with Gasteiger partial charge < -0.3 is 10.3 Å². The normalized spacial score (nSPS) is 17.4. The van der Waals surface area contributed by atoms with Crippen LogP contribution >= 0.6 is 23.2 Å². The SMILES string of the molecule is O=C1NC(Cc2c[nH]c3ccccc23)C(=O)N1c1cc(Cl)cc(Cl)c1. The van der Waals surface area contributed by atoms with E-state index < -0.39 is 12.1 Å². The lowest BCUT2D eigenvalue weighted by Crippen LogP contribution is -2.32. The van der Waals surface area contributed by atoms with E-state index in [-0.39, 0.29) is 5.91 Å². The standard InChI is InChI=1S/C18H13Cl2N3O2/c19-11-6-12(20)8-13(7-11)23-17(24)16(22-18(23)25)5-10-9-21-15-4-2-1-3-14(10)15/h1-4,6-9,16,21H,5H2,(H,22,25). The predicted molar refractivity (Wildman–Crippen MR) is 98.3 cm³/mol. The van der Waals surface area contributed by atoms with Crippen molar-refractivity contribution < 1.29 is 9.59 Å². The first-order valence-corrected chi connectivity index (χ1v) is 8.44. The predicted octanol–water partition coefficient (Wildman–Crippen LogP) is 4.14. The lowest BCUT2D eigenvalue weighted by molar-refractivity contribution is -0.118. The van der Waals surface area contributed by atoms with Gasteiger partial charge in [-0.3, -0.25) is 4.79 Å². The number of carbonyl (C=O) groups is 2. The fraction of sp³-hybridized carbons (Fsp3) is 0.111. The highest BCUT2D eigenvalue weighted by atomic mass is 35.5. The number of imide groups is 1. The number of nitrogens with one attached hydrogen (secondary N) is 2. The topological polar surface area (TPSA) is 65.2 Å². The maximum absolute atomic E-state index is 12.7. The van der Waals surface area contributed by atoms with Gasteiger partial charge in [-0.15, -0.1) is 0 Å². The molecular formula is C18H13Cl2N3O2. The molecule has 0 aliphatic carbocycles. The van der Waals surface area contributed by atoms with Crippen molar-refractivity contribution in [1.29, 1.82) is 0 Å². The number of fused-ring (bicyclic) bond motifs is 1. The third kappa shape index (κ3) is 2.86. The van der Waals surface area contributed by atoms with E-state index in [4.69, 9.17) is 23.2 Å². The number of para-hydroxylation sites is 1. The number of anilines is 1. The zero-order valence-electron chi connectivity index (χ0n) is 12.9. The Morgan fingerprint density at radius 1 is 1.04 bits per heavy atom. The molecule has 0 spiro atoms. The van der Waals surface area contributed by atoms with Crippen LogP contribution in [-0.2, 0) is 11.2 Å². The maximum atomic E-state index is 12.7. The Morgan fingerprint density at radius 2 is 1.76 bits per heavy atom. The quantitative estimate of drug-likeness (QED) is 0.677. The zero-order valence-corrected chi connectivity index (χ0v) is 14.4. The molecule has 1 aromatic heterocycles. The largest absolute Gasteiger partial charge is 0.361 e. The van der Waals surface area contributed by atoms with Crippen molar-refractivity contribution in [2.45, 2.75) is 12.5 Å². The summed E-state index contributed by atoms with van der Waals surface area (Å²) >= 11 is 12.0. The van der Waals surface area contributed by atoms with Crippen molar-refractivity contribution in [2.24, 2.45) is 0 Å². The van der Waals surface area contributed by atoms with Crippen molar-refractivity contribution >= 4 is 51.7 Å². The van der Waals surface area contributed by atoms with Gasteiger partial charge in [0, 0.05) is 33.6 Å². The second-order valence-electron chi connectivity index (χ2n) is 5.87. The van der Waals surface area contributed by atoms with Gasteiger partial charge in [-0.25, -0.2) is 9.69 Å². The highest BCUT2D eigenvalue weighted by Crippen LogP contribution is 2.29. The van der Waals surface area contributed by atoms with Gasteiger partial charge in [-0.1, -0.05) is 41.4 Å². The van der Waals surface area contributed by atoms with Crippen LogP contribution in [-0.4, -0.2) is 23.0 Å². The molecule has 7 heteroatoms. The van der Waals surface area contributed by atoms with Crippen LogP contribution in [0.15, 0.2) is 48.7 Å². The summed E-state index contributed by atoms with van der Waals surface area (Å²) in [5.41, 5.74) is 2.33. The van der Waals surface area contributed by atoms with Gasteiger partial charge in [0.1, 0.15) is 6.04 Å². The van der Waals surface area contributed by atoms with E-state index in [0.717, 1.165) is 21.4 Å². The molecule has 25 heavy (non-hydrogen) atoms. The summed E-state index contributed by atoms with van der Waals surface area (Å²) in [4.78, 5) is 29.3. The van der Waals surface area contributed by atoms with Crippen molar-refractivity contribution in [3.63, 3.8) is 0 Å². The second kappa shape index (κ2) is 6.10. The first kappa shape index (κ1) is 16.0. The third-order valence-electron chi connectivity index (χ3n) is 4.22. The van der Waals surface area contributed by atoms with Crippen LogP contribution in [0.3, 0.4) is 0 Å². The fourth-order valence-corrected chi connectivity index (χ4v) is 3.62. The van der Waals surface area contributed by atoms with E-state index >= 15 is 0 Å². The molecule has 1 atom stereocenters. The molecule has 126 valence electrons. The lowest BCUT2D eigenvalue weighted by atomic mass is 10.0. The Bertz CT molecular complexity index is 979. The molecule has 4 rings (SSSR count). The average molecular weight is 374 g/mol. The van der Waals surface area contributed by atoms with Crippen LogP contribution in [0.25, 0.3) is 10.9 Å². The zero-order chi connectivity index (χ0) is 17.6. The van der Waals surface area contributed by atoms with Crippen LogP contribution in [0.5, 0.6) is 0 Å². The number of amides is 3.